The number of benzene rings is 3. The summed E-state index contributed by atoms with van der Waals surface area (Å²) in [4.78, 5) is 2.86. The van der Waals surface area contributed by atoms with E-state index in [2.05, 4.69) is 96.8 Å². The zero-order valence-corrected chi connectivity index (χ0v) is 17.4. The van der Waals surface area contributed by atoms with Crippen LogP contribution in [0.3, 0.4) is 0 Å². The van der Waals surface area contributed by atoms with Crippen LogP contribution in [0.15, 0.2) is 84.9 Å². The van der Waals surface area contributed by atoms with Crippen LogP contribution in [0, 0.1) is 6.92 Å². The van der Waals surface area contributed by atoms with Gasteiger partial charge in [-0.3, -0.25) is 4.90 Å². The maximum Gasteiger partial charge on any atom is 0.0173 e. The normalized spacial score (nSPS) is 26.5. The molecule has 2 saturated heterocycles. The van der Waals surface area contributed by atoms with E-state index in [0.717, 1.165) is 12.5 Å². The second kappa shape index (κ2) is 8.16. The predicted octanol–water partition coefficient (Wildman–Crippen LogP) is 6.34. The molecule has 0 radical (unpaired) electrons. The maximum atomic E-state index is 2.86. The van der Waals surface area contributed by atoms with Crippen molar-refractivity contribution >= 4 is 0 Å². The summed E-state index contributed by atoms with van der Waals surface area (Å²) in [6.07, 6.45) is 5.13. The average Bonchev–Trinajstić information content (AvgIpc) is 3.05. The zero-order chi connectivity index (χ0) is 19.6. The highest BCUT2D eigenvalue weighted by atomic mass is 15.2. The number of hydrogen-bond donors (Lipinski definition) is 0. The Labute approximate surface area is 175 Å². The van der Waals surface area contributed by atoms with Crippen molar-refractivity contribution in [1.82, 2.24) is 4.90 Å². The largest absolute Gasteiger partial charge is 0.296 e. The lowest BCUT2D eigenvalue weighted by molar-refractivity contribution is 0.107. The molecule has 2 aliphatic rings. The van der Waals surface area contributed by atoms with E-state index in [-0.39, 0.29) is 0 Å². The van der Waals surface area contributed by atoms with Crippen LogP contribution in [0.1, 0.15) is 53.4 Å². The monoisotopic (exact) mass is 381 g/mol. The summed E-state index contributed by atoms with van der Waals surface area (Å²) < 4.78 is 0. The Morgan fingerprint density at radius 3 is 2.17 bits per heavy atom. The molecule has 0 aliphatic carbocycles. The van der Waals surface area contributed by atoms with Gasteiger partial charge in [0.2, 0.25) is 0 Å². The Morgan fingerprint density at radius 2 is 1.45 bits per heavy atom. The molecule has 5 rings (SSSR count). The Morgan fingerprint density at radius 1 is 0.759 bits per heavy atom. The first-order chi connectivity index (χ1) is 14.3. The summed E-state index contributed by atoms with van der Waals surface area (Å²) in [5.41, 5.74) is 5.87. The number of hydrogen-bond acceptors (Lipinski definition) is 1. The third-order valence-corrected chi connectivity index (χ3v) is 7.26. The van der Waals surface area contributed by atoms with E-state index in [9.17, 15) is 0 Å². The van der Waals surface area contributed by atoms with Crippen molar-refractivity contribution in [3.63, 3.8) is 0 Å². The molecule has 2 heterocycles. The van der Waals surface area contributed by atoms with E-state index in [4.69, 9.17) is 0 Å². The number of aryl methyl sites for hydroxylation is 1. The van der Waals surface area contributed by atoms with Crippen LogP contribution in [-0.2, 0) is 6.42 Å². The molecule has 0 N–H and O–H groups in total. The van der Waals surface area contributed by atoms with Crippen molar-refractivity contribution in [1.29, 1.82) is 0 Å². The fourth-order valence-electron chi connectivity index (χ4n) is 5.85. The van der Waals surface area contributed by atoms with Gasteiger partial charge < -0.3 is 0 Å². The van der Waals surface area contributed by atoms with Gasteiger partial charge in [0, 0.05) is 24.5 Å². The second-order valence-corrected chi connectivity index (χ2v) is 8.96. The zero-order valence-electron chi connectivity index (χ0n) is 17.4. The number of nitrogens with zero attached hydrogens (tertiary/aromatic N) is 1. The van der Waals surface area contributed by atoms with E-state index in [1.807, 2.05) is 0 Å². The first-order valence-electron chi connectivity index (χ1n) is 11.2. The highest BCUT2D eigenvalue weighted by Crippen LogP contribution is 2.51. The van der Waals surface area contributed by atoms with Gasteiger partial charge in [-0.2, -0.15) is 0 Å². The Hall–Kier alpha value is -2.38. The van der Waals surface area contributed by atoms with Crippen molar-refractivity contribution in [2.45, 2.75) is 56.5 Å². The first-order valence-corrected chi connectivity index (χ1v) is 11.2. The van der Waals surface area contributed by atoms with E-state index in [1.165, 1.54) is 48.1 Å². The topological polar surface area (TPSA) is 3.24 Å². The molecule has 4 atom stereocenters. The Bertz CT molecular complexity index is 916. The second-order valence-electron chi connectivity index (χ2n) is 8.96. The molecule has 2 fully saturated rings. The molecular formula is C28H31N. The fraction of sp³-hybridized carbons (Fsp3) is 0.357. The van der Waals surface area contributed by atoms with Crippen LogP contribution < -0.4 is 0 Å². The lowest BCUT2D eigenvalue weighted by Crippen LogP contribution is -2.47. The summed E-state index contributed by atoms with van der Waals surface area (Å²) in [6, 6.07) is 33.1. The van der Waals surface area contributed by atoms with Crippen molar-refractivity contribution in [2.24, 2.45) is 0 Å². The summed E-state index contributed by atoms with van der Waals surface area (Å²) in [5, 5.41) is 0. The van der Waals surface area contributed by atoms with Crippen molar-refractivity contribution in [3.05, 3.63) is 107 Å². The van der Waals surface area contributed by atoms with Gasteiger partial charge in [-0.1, -0.05) is 90.5 Å². The van der Waals surface area contributed by atoms with Crippen molar-refractivity contribution in [3.8, 4) is 0 Å². The minimum atomic E-state index is 0.591. The molecule has 0 amide bonds. The SMILES string of the molecule is Cc1ccc([C@@H]2CC3CCC([C@H]2c2ccccc2)N3CCc2ccccc2)cc1. The van der Waals surface area contributed by atoms with Gasteiger partial charge in [-0.15, -0.1) is 0 Å². The molecule has 3 aromatic carbocycles. The smallest absolute Gasteiger partial charge is 0.0173 e. The molecule has 2 aliphatic heterocycles. The fourth-order valence-corrected chi connectivity index (χ4v) is 5.85. The van der Waals surface area contributed by atoms with Gasteiger partial charge in [0.25, 0.3) is 0 Å². The molecule has 0 spiro atoms. The van der Waals surface area contributed by atoms with Crippen LogP contribution in [0.5, 0.6) is 0 Å². The van der Waals surface area contributed by atoms with Crippen LogP contribution in [-0.4, -0.2) is 23.5 Å². The quantitative estimate of drug-likeness (QED) is 0.498. The van der Waals surface area contributed by atoms with E-state index < -0.39 is 0 Å². The van der Waals surface area contributed by atoms with Gasteiger partial charge in [0.05, 0.1) is 0 Å². The minimum Gasteiger partial charge on any atom is -0.296 e. The van der Waals surface area contributed by atoms with Gasteiger partial charge in [-0.05, 0) is 55.2 Å². The lowest BCUT2D eigenvalue weighted by Gasteiger charge is -2.45. The van der Waals surface area contributed by atoms with Crippen LogP contribution >= 0.6 is 0 Å². The molecule has 2 bridgehead atoms. The predicted molar refractivity (Wildman–Crippen MR) is 121 cm³/mol. The van der Waals surface area contributed by atoms with Crippen LogP contribution in [0.25, 0.3) is 0 Å². The molecule has 1 nitrogen and oxygen atoms in total. The van der Waals surface area contributed by atoms with Gasteiger partial charge in [0.1, 0.15) is 0 Å². The summed E-state index contributed by atoms with van der Waals surface area (Å²) >= 11 is 0. The highest BCUT2D eigenvalue weighted by molar-refractivity contribution is 5.34. The molecule has 2 unspecified atom stereocenters. The highest BCUT2D eigenvalue weighted by Gasteiger charge is 2.47. The third kappa shape index (κ3) is 3.76. The van der Waals surface area contributed by atoms with Gasteiger partial charge in [0.15, 0.2) is 0 Å². The molecule has 29 heavy (non-hydrogen) atoms. The molecule has 0 saturated carbocycles. The Balaban J connectivity index is 1.45. The van der Waals surface area contributed by atoms with Crippen molar-refractivity contribution in [2.75, 3.05) is 6.54 Å². The molecule has 1 heteroatoms. The minimum absolute atomic E-state index is 0.591. The third-order valence-electron chi connectivity index (χ3n) is 7.26. The first kappa shape index (κ1) is 18.6. The summed E-state index contributed by atoms with van der Waals surface area (Å²) in [6.45, 7) is 3.37. The Kier molecular flexibility index (Phi) is 5.24. The van der Waals surface area contributed by atoms with E-state index in [0.29, 0.717) is 17.9 Å². The lowest BCUT2D eigenvalue weighted by atomic mass is 9.72. The van der Waals surface area contributed by atoms with Crippen molar-refractivity contribution < 1.29 is 0 Å². The number of piperidine rings is 1. The van der Waals surface area contributed by atoms with E-state index >= 15 is 0 Å². The maximum absolute atomic E-state index is 2.86. The molecule has 0 aromatic heterocycles. The molecule has 148 valence electrons. The molecule has 3 aromatic rings. The van der Waals surface area contributed by atoms with Crippen LogP contribution in [0.2, 0.25) is 0 Å². The average molecular weight is 382 g/mol. The number of rotatable bonds is 5. The number of fused-ring (bicyclic) bond motifs is 2. The summed E-state index contributed by atoms with van der Waals surface area (Å²) in [7, 11) is 0. The van der Waals surface area contributed by atoms with Crippen LogP contribution in [0.4, 0.5) is 0 Å². The standard InChI is InChI=1S/C28H31N/c1-21-12-14-23(15-13-21)26-20-25-16-17-27(28(26)24-10-6-3-7-11-24)29(25)19-18-22-8-4-2-5-9-22/h2-15,25-28H,16-20H2,1H3/t25?,26-,27?,28-/m0/s1. The van der Waals surface area contributed by atoms with Gasteiger partial charge >= 0.3 is 0 Å². The van der Waals surface area contributed by atoms with E-state index in [1.54, 1.807) is 0 Å². The van der Waals surface area contributed by atoms with Gasteiger partial charge in [-0.25, -0.2) is 0 Å². The molecular weight excluding hydrogens is 350 g/mol. The summed E-state index contributed by atoms with van der Waals surface area (Å²) in [5.74, 6) is 1.22.